The number of methoxy groups -OCH3 is 1. The van der Waals surface area contributed by atoms with E-state index in [9.17, 15) is 4.79 Å². The van der Waals surface area contributed by atoms with Crippen molar-refractivity contribution >= 4 is 16.9 Å². The van der Waals surface area contributed by atoms with E-state index in [2.05, 4.69) is 16.4 Å². The molecule has 1 atom stereocenters. The summed E-state index contributed by atoms with van der Waals surface area (Å²) in [5.74, 6) is 0.945. The first-order valence-electron chi connectivity index (χ1n) is 11.5. The number of hydrogen-bond donors (Lipinski definition) is 3. The summed E-state index contributed by atoms with van der Waals surface area (Å²) in [6.07, 6.45) is 1.60. The fraction of sp³-hybridized carbons (Fsp3) is 0.259. The number of nitrogens with two attached hydrogens (primary N) is 2. The van der Waals surface area contributed by atoms with Gasteiger partial charge in [-0.15, -0.1) is 0 Å². The Balaban J connectivity index is 1.69. The zero-order valence-corrected chi connectivity index (χ0v) is 19.4. The van der Waals surface area contributed by atoms with Gasteiger partial charge < -0.3 is 26.1 Å². The topological polar surface area (TPSA) is 108 Å². The van der Waals surface area contributed by atoms with Crippen LogP contribution in [-0.4, -0.2) is 41.7 Å². The van der Waals surface area contributed by atoms with Gasteiger partial charge in [0.1, 0.15) is 5.75 Å². The van der Waals surface area contributed by atoms with E-state index in [-0.39, 0.29) is 11.9 Å². The summed E-state index contributed by atoms with van der Waals surface area (Å²) >= 11 is 0. The Morgan fingerprint density at radius 3 is 2.50 bits per heavy atom. The number of imidazole rings is 1. The van der Waals surface area contributed by atoms with Crippen LogP contribution in [0, 0.1) is 0 Å². The molecular weight excluding hydrogens is 426 g/mol. The van der Waals surface area contributed by atoms with Crippen LogP contribution in [0.15, 0.2) is 72.8 Å². The minimum atomic E-state index is -0.235. The lowest BCUT2D eigenvalue weighted by Crippen LogP contribution is -2.38. The van der Waals surface area contributed by atoms with Gasteiger partial charge in [-0.25, -0.2) is 4.98 Å². The molecule has 7 nitrogen and oxygen atoms in total. The largest absolute Gasteiger partial charge is 0.497 e. The number of rotatable bonds is 10. The van der Waals surface area contributed by atoms with Gasteiger partial charge in [-0.3, -0.25) is 4.79 Å². The fourth-order valence-electron chi connectivity index (χ4n) is 3.97. The Kier molecular flexibility index (Phi) is 7.57. The van der Waals surface area contributed by atoms with Gasteiger partial charge in [-0.05, 0) is 60.3 Å². The lowest BCUT2D eigenvalue weighted by Gasteiger charge is -2.13. The van der Waals surface area contributed by atoms with Crippen LogP contribution in [0.4, 0.5) is 0 Å². The van der Waals surface area contributed by atoms with Crippen LogP contribution < -0.4 is 21.5 Å². The molecule has 0 saturated heterocycles. The van der Waals surface area contributed by atoms with E-state index in [4.69, 9.17) is 16.2 Å². The number of ether oxygens (including phenoxy) is 1. The number of hydrogen-bond acceptors (Lipinski definition) is 5. The number of nitrogens with zero attached hydrogens (tertiary/aromatic N) is 2. The quantitative estimate of drug-likeness (QED) is 0.337. The zero-order chi connectivity index (χ0) is 23.9. The highest BCUT2D eigenvalue weighted by molar-refractivity contribution is 5.95. The summed E-state index contributed by atoms with van der Waals surface area (Å²) in [6.45, 7) is 1.50. The molecule has 4 aromatic rings. The van der Waals surface area contributed by atoms with Crippen molar-refractivity contribution in [2.75, 3.05) is 20.2 Å². The van der Waals surface area contributed by atoms with E-state index < -0.39 is 0 Å². The van der Waals surface area contributed by atoms with Crippen molar-refractivity contribution in [1.82, 2.24) is 14.9 Å². The molecule has 0 spiro atoms. The Morgan fingerprint density at radius 2 is 1.79 bits per heavy atom. The predicted octanol–water partition coefficient (Wildman–Crippen LogP) is 3.56. The zero-order valence-electron chi connectivity index (χ0n) is 19.4. The van der Waals surface area contributed by atoms with Gasteiger partial charge >= 0.3 is 0 Å². The summed E-state index contributed by atoms with van der Waals surface area (Å²) < 4.78 is 7.25. The van der Waals surface area contributed by atoms with Gasteiger partial charge in [-0.1, -0.05) is 48.5 Å². The first-order valence-corrected chi connectivity index (χ1v) is 11.5. The smallest absolute Gasteiger partial charge is 0.287 e. The number of amides is 1. The van der Waals surface area contributed by atoms with Gasteiger partial charge in [0.15, 0.2) is 5.82 Å². The SMILES string of the molecule is COc1ccc(-c2ccc3nc(C(=O)NC[C@@H](N)CCCN)n(Cc4ccccc4)c3c2)cc1. The first kappa shape index (κ1) is 23.5. The highest BCUT2D eigenvalue weighted by atomic mass is 16.5. The molecule has 3 aromatic carbocycles. The number of benzene rings is 3. The number of fused-ring (bicyclic) bond motifs is 1. The maximum absolute atomic E-state index is 13.1. The summed E-state index contributed by atoms with van der Waals surface area (Å²) in [7, 11) is 1.65. The standard InChI is InChI=1S/C27H31N5O2/c1-34-23-12-9-20(10-13-23)21-11-14-24-25(16-21)32(18-19-6-3-2-4-7-19)26(31-24)27(33)30-17-22(29)8-5-15-28/h2-4,6-7,9-14,16,22H,5,8,15,17-18,28-29H2,1H3,(H,30,33)/t22-/m0/s1. The third kappa shape index (κ3) is 5.44. The minimum Gasteiger partial charge on any atom is -0.497 e. The van der Waals surface area contributed by atoms with E-state index >= 15 is 0 Å². The Hall–Kier alpha value is -3.68. The predicted molar refractivity (Wildman–Crippen MR) is 136 cm³/mol. The van der Waals surface area contributed by atoms with E-state index in [0.717, 1.165) is 46.3 Å². The molecule has 1 aromatic heterocycles. The maximum atomic E-state index is 13.1. The van der Waals surface area contributed by atoms with Crippen molar-refractivity contribution in [3.63, 3.8) is 0 Å². The van der Waals surface area contributed by atoms with Crippen molar-refractivity contribution in [1.29, 1.82) is 0 Å². The molecule has 0 saturated carbocycles. The molecule has 0 unspecified atom stereocenters. The highest BCUT2D eigenvalue weighted by Crippen LogP contribution is 2.27. The Bertz CT molecular complexity index is 1240. The molecule has 1 amide bonds. The van der Waals surface area contributed by atoms with Gasteiger partial charge in [0.25, 0.3) is 5.91 Å². The van der Waals surface area contributed by atoms with Crippen LogP contribution in [-0.2, 0) is 6.54 Å². The van der Waals surface area contributed by atoms with Crippen molar-refractivity contribution in [3.8, 4) is 16.9 Å². The van der Waals surface area contributed by atoms with Crippen LogP contribution in [0.25, 0.3) is 22.2 Å². The third-order valence-electron chi connectivity index (χ3n) is 5.86. The van der Waals surface area contributed by atoms with Crippen LogP contribution in [0.2, 0.25) is 0 Å². The molecule has 0 aliphatic heterocycles. The molecule has 4 rings (SSSR count). The number of carbonyl (C=O) groups is 1. The van der Waals surface area contributed by atoms with Crippen LogP contribution >= 0.6 is 0 Å². The second kappa shape index (κ2) is 11.0. The maximum Gasteiger partial charge on any atom is 0.287 e. The molecular formula is C27H31N5O2. The van der Waals surface area contributed by atoms with Gasteiger partial charge in [0, 0.05) is 19.1 Å². The lowest BCUT2D eigenvalue weighted by atomic mass is 10.0. The molecule has 7 heteroatoms. The van der Waals surface area contributed by atoms with Crippen molar-refractivity contribution < 1.29 is 9.53 Å². The van der Waals surface area contributed by atoms with Crippen LogP contribution in [0.1, 0.15) is 29.0 Å². The monoisotopic (exact) mass is 457 g/mol. The van der Waals surface area contributed by atoms with Gasteiger partial charge in [-0.2, -0.15) is 0 Å². The fourth-order valence-corrected chi connectivity index (χ4v) is 3.97. The molecule has 0 fully saturated rings. The number of carbonyl (C=O) groups excluding carboxylic acids is 1. The van der Waals surface area contributed by atoms with E-state index in [1.807, 2.05) is 71.3 Å². The van der Waals surface area contributed by atoms with Gasteiger partial charge in [0.05, 0.1) is 18.1 Å². The van der Waals surface area contributed by atoms with E-state index in [1.165, 1.54) is 0 Å². The molecule has 0 aliphatic rings. The number of aromatic nitrogens is 2. The van der Waals surface area contributed by atoms with Crippen molar-refractivity contribution in [2.24, 2.45) is 11.5 Å². The van der Waals surface area contributed by atoms with E-state index in [0.29, 0.717) is 25.5 Å². The van der Waals surface area contributed by atoms with E-state index in [1.54, 1.807) is 7.11 Å². The molecule has 176 valence electrons. The summed E-state index contributed by atoms with van der Waals surface area (Å²) in [4.78, 5) is 17.8. The summed E-state index contributed by atoms with van der Waals surface area (Å²) in [5, 5.41) is 2.95. The third-order valence-corrected chi connectivity index (χ3v) is 5.86. The second-order valence-corrected chi connectivity index (χ2v) is 8.34. The Morgan fingerprint density at radius 1 is 1.06 bits per heavy atom. The van der Waals surface area contributed by atoms with Crippen molar-refractivity contribution in [3.05, 3.63) is 84.2 Å². The second-order valence-electron chi connectivity index (χ2n) is 8.34. The Labute approximate surface area is 199 Å². The lowest BCUT2D eigenvalue weighted by molar-refractivity contribution is 0.0937. The molecule has 1 heterocycles. The molecule has 34 heavy (non-hydrogen) atoms. The summed E-state index contributed by atoms with van der Waals surface area (Å²) in [6, 6.07) is 23.9. The molecule has 0 aliphatic carbocycles. The van der Waals surface area contributed by atoms with Crippen LogP contribution in [0.3, 0.4) is 0 Å². The first-order chi connectivity index (χ1) is 16.6. The highest BCUT2D eigenvalue weighted by Gasteiger charge is 2.19. The average Bonchev–Trinajstić information content (AvgIpc) is 3.24. The van der Waals surface area contributed by atoms with Crippen molar-refractivity contribution in [2.45, 2.75) is 25.4 Å². The average molecular weight is 458 g/mol. The molecule has 0 bridgehead atoms. The minimum absolute atomic E-state index is 0.138. The molecule has 0 radical (unpaired) electrons. The normalized spacial score (nSPS) is 12.0. The van der Waals surface area contributed by atoms with Crippen LogP contribution in [0.5, 0.6) is 5.75 Å². The molecule has 5 N–H and O–H groups in total. The number of nitrogens with one attached hydrogen (secondary N) is 1. The summed E-state index contributed by atoms with van der Waals surface area (Å²) in [5.41, 5.74) is 16.5. The van der Waals surface area contributed by atoms with Gasteiger partial charge in [0.2, 0.25) is 0 Å².